The molecule has 2 aromatic heterocycles. The van der Waals surface area contributed by atoms with Gasteiger partial charge in [-0.2, -0.15) is 0 Å². The van der Waals surface area contributed by atoms with E-state index in [0.29, 0.717) is 10.6 Å². The summed E-state index contributed by atoms with van der Waals surface area (Å²) in [6, 6.07) is 3.58. The molecule has 2 heterocycles. The number of nitrogens with one attached hydrogen (secondary N) is 2. The molecule has 0 aliphatic rings. The Balaban J connectivity index is 2.22. The van der Waals surface area contributed by atoms with Gasteiger partial charge in [-0.25, -0.2) is 4.98 Å². The summed E-state index contributed by atoms with van der Waals surface area (Å²) in [5.74, 6) is 0.556. The molecule has 0 spiro atoms. The number of anilines is 2. The standard InChI is InChI=1S/C13H17N5OS/c1-3-5-10-6-9(7-11(16-10)14-4-2)13(19)17-12-8-15-18-20-12/h6-8H,3-5H2,1-2H3,(H,14,16)(H,17,19). The zero-order chi connectivity index (χ0) is 14.4. The van der Waals surface area contributed by atoms with Crippen LogP contribution in [-0.4, -0.2) is 27.0 Å². The Kier molecular flexibility index (Phi) is 5.00. The first kappa shape index (κ1) is 14.4. The third-order valence-electron chi connectivity index (χ3n) is 2.60. The summed E-state index contributed by atoms with van der Waals surface area (Å²) in [6.07, 6.45) is 3.37. The zero-order valence-corrected chi connectivity index (χ0v) is 12.3. The number of nitrogens with zero attached hydrogens (tertiary/aromatic N) is 3. The van der Waals surface area contributed by atoms with Crippen molar-refractivity contribution in [1.29, 1.82) is 0 Å². The average Bonchev–Trinajstić information content (AvgIpc) is 2.92. The van der Waals surface area contributed by atoms with Gasteiger partial charge in [-0.3, -0.25) is 4.79 Å². The van der Waals surface area contributed by atoms with Crippen molar-refractivity contribution in [2.75, 3.05) is 17.2 Å². The van der Waals surface area contributed by atoms with Crippen LogP contribution >= 0.6 is 11.5 Å². The number of aryl methyl sites for hydroxylation is 1. The molecule has 0 aromatic carbocycles. The van der Waals surface area contributed by atoms with Crippen LogP contribution < -0.4 is 10.6 Å². The summed E-state index contributed by atoms with van der Waals surface area (Å²) >= 11 is 1.15. The highest BCUT2D eigenvalue weighted by Crippen LogP contribution is 2.15. The molecule has 0 aliphatic carbocycles. The van der Waals surface area contributed by atoms with Crippen molar-refractivity contribution >= 4 is 28.3 Å². The Morgan fingerprint density at radius 1 is 1.35 bits per heavy atom. The fourth-order valence-electron chi connectivity index (χ4n) is 1.78. The van der Waals surface area contributed by atoms with Gasteiger partial charge >= 0.3 is 0 Å². The van der Waals surface area contributed by atoms with Crippen molar-refractivity contribution in [3.63, 3.8) is 0 Å². The number of aromatic nitrogens is 3. The summed E-state index contributed by atoms with van der Waals surface area (Å²) in [6.45, 7) is 4.85. The summed E-state index contributed by atoms with van der Waals surface area (Å²) in [7, 11) is 0. The summed E-state index contributed by atoms with van der Waals surface area (Å²) in [5, 5.41) is 10.2. The Bertz CT molecular complexity index is 546. The molecule has 0 aliphatic heterocycles. The molecule has 0 saturated heterocycles. The van der Waals surface area contributed by atoms with Crippen LogP contribution in [0.4, 0.5) is 10.8 Å². The second-order valence-electron chi connectivity index (χ2n) is 4.25. The third-order valence-corrected chi connectivity index (χ3v) is 3.18. The fourth-order valence-corrected chi connectivity index (χ4v) is 2.20. The van der Waals surface area contributed by atoms with E-state index >= 15 is 0 Å². The van der Waals surface area contributed by atoms with Crippen LogP contribution in [0.1, 0.15) is 36.3 Å². The molecule has 2 aromatic rings. The zero-order valence-electron chi connectivity index (χ0n) is 11.5. The lowest BCUT2D eigenvalue weighted by atomic mass is 10.1. The predicted molar refractivity (Wildman–Crippen MR) is 80.3 cm³/mol. The predicted octanol–water partition coefficient (Wildman–Crippen LogP) is 2.57. The first-order valence-corrected chi connectivity index (χ1v) is 7.33. The summed E-state index contributed by atoms with van der Waals surface area (Å²) in [5.41, 5.74) is 1.51. The minimum Gasteiger partial charge on any atom is -0.370 e. The number of carbonyl (C=O) groups excluding carboxylic acids is 1. The highest BCUT2D eigenvalue weighted by Gasteiger charge is 2.11. The third kappa shape index (κ3) is 3.74. The van der Waals surface area contributed by atoms with Crippen LogP contribution in [0.5, 0.6) is 0 Å². The van der Waals surface area contributed by atoms with Gasteiger partial charge < -0.3 is 10.6 Å². The molecule has 0 saturated carbocycles. The first-order chi connectivity index (χ1) is 9.72. The normalized spacial score (nSPS) is 10.3. The number of amides is 1. The van der Waals surface area contributed by atoms with Crippen molar-refractivity contribution in [1.82, 2.24) is 14.6 Å². The van der Waals surface area contributed by atoms with Crippen molar-refractivity contribution in [2.24, 2.45) is 0 Å². The molecule has 0 radical (unpaired) electrons. The van der Waals surface area contributed by atoms with Gasteiger partial charge in [0.2, 0.25) is 0 Å². The number of rotatable bonds is 6. The highest BCUT2D eigenvalue weighted by molar-refractivity contribution is 7.10. The van der Waals surface area contributed by atoms with Gasteiger partial charge in [-0.05, 0) is 25.5 Å². The van der Waals surface area contributed by atoms with E-state index in [2.05, 4.69) is 32.1 Å². The molecule has 2 N–H and O–H groups in total. The molecule has 6 nitrogen and oxygen atoms in total. The van der Waals surface area contributed by atoms with Crippen LogP contribution in [0.3, 0.4) is 0 Å². The Morgan fingerprint density at radius 3 is 2.85 bits per heavy atom. The molecule has 0 bridgehead atoms. The smallest absolute Gasteiger partial charge is 0.256 e. The van der Waals surface area contributed by atoms with E-state index in [1.165, 1.54) is 6.20 Å². The maximum atomic E-state index is 12.2. The number of pyridine rings is 1. The highest BCUT2D eigenvalue weighted by atomic mass is 32.1. The lowest BCUT2D eigenvalue weighted by Crippen LogP contribution is -2.13. The molecule has 20 heavy (non-hydrogen) atoms. The van der Waals surface area contributed by atoms with E-state index in [1.807, 2.05) is 13.0 Å². The van der Waals surface area contributed by atoms with Gasteiger partial charge in [-0.1, -0.05) is 17.8 Å². The largest absolute Gasteiger partial charge is 0.370 e. The van der Waals surface area contributed by atoms with Crippen LogP contribution in [0.15, 0.2) is 18.3 Å². The molecular formula is C13H17N5OS. The second kappa shape index (κ2) is 6.95. The SMILES string of the molecule is CCCc1cc(C(=O)Nc2cnns2)cc(NCC)n1. The van der Waals surface area contributed by atoms with Crippen LogP contribution in [0, 0.1) is 0 Å². The van der Waals surface area contributed by atoms with E-state index in [1.54, 1.807) is 6.07 Å². The second-order valence-corrected chi connectivity index (χ2v) is 5.03. The van der Waals surface area contributed by atoms with E-state index in [9.17, 15) is 4.79 Å². The molecule has 0 fully saturated rings. The molecule has 106 valence electrons. The van der Waals surface area contributed by atoms with Crippen LogP contribution in [0.25, 0.3) is 0 Å². The Morgan fingerprint density at radius 2 is 2.20 bits per heavy atom. The maximum Gasteiger partial charge on any atom is 0.256 e. The average molecular weight is 291 g/mol. The summed E-state index contributed by atoms with van der Waals surface area (Å²) in [4.78, 5) is 16.7. The molecule has 7 heteroatoms. The Hall–Kier alpha value is -2.02. The maximum absolute atomic E-state index is 12.2. The van der Waals surface area contributed by atoms with Gasteiger partial charge in [0.1, 0.15) is 10.8 Å². The lowest BCUT2D eigenvalue weighted by Gasteiger charge is -2.09. The first-order valence-electron chi connectivity index (χ1n) is 6.56. The van der Waals surface area contributed by atoms with Gasteiger partial charge in [0.05, 0.1) is 6.20 Å². The van der Waals surface area contributed by atoms with E-state index in [-0.39, 0.29) is 5.91 Å². The minimum atomic E-state index is -0.171. The van der Waals surface area contributed by atoms with Gasteiger partial charge in [0.15, 0.2) is 0 Å². The molecule has 1 amide bonds. The number of hydrogen-bond donors (Lipinski definition) is 2. The van der Waals surface area contributed by atoms with Gasteiger partial charge in [0, 0.05) is 29.3 Å². The topological polar surface area (TPSA) is 79.8 Å². The van der Waals surface area contributed by atoms with Gasteiger partial charge in [0.25, 0.3) is 5.91 Å². The van der Waals surface area contributed by atoms with Crippen LogP contribution in [0.2, 0.25) is 0 Å². The molecule has 0 atom stereocenters. The fraction of sp³-hybridized carbons (Fsp3) is 0.385. The molecule has 2 rings (SSSR count). The number of hydrogen-bond acceptors (Lipinski definition) is 6. The van der Waals surface area contributed by atoms with Crippen molar-refractivity contribution in [2.45, 2.75) is 26.7 Å². The van der Waals surface area contributed by atoms with E-state index in [0.717, 1.165) is 42.4 Å². The molecular weight excluding hydrogens is 274 g/mol. The van der Waals surface area contributed by atoms with Crippen LogP contribution in [-0.2, 0) is 6.42 Å². The van der Waals surface area contributed by atoms with Crippen molar-refractivity contribution in [3.8, 4) is 0 Å². The monoisotopic (exact) mass is 291 g/mol. The van der Waals surface area contributed by atoms with E-state index in [4.69, 9.17) is 0 Å². The van der Waals surface area contributed by atoms with Crippen molar-refractivity contribution < 1.29 is 4.79 Å². The van der Waals surface area contributed by atoms with Gasteiger partial charge in [-0.15, -0.1) is 5.10 Å². The summed E-state index contributed by atoms with van der Waals surface area (Å²) < 4.78 is 3.72. The Labute approximate surface area is 121 Å². The van der Waals surface area contributed by atoms with Crippen molar-refractivity contribution in [3.05, 3.63) is 29.6 Å². The number of carbonyl (C=O) groups is 1. The minimum absolute atomic E-state index is 0.171. The quantitative estimate of drug-likeness (QED) is 0.855. The lowest BCUT2D eigenvalue weighted by molar-refractivity contribution is 0.102. The molecule has 0 unspecified atom stereocenters. The van der Waals surface area contributed by atoms with E-state index < -0.39 is 0 Å².